The van der Waals surface area contributed by atoms with Crippen molar-refractivity contribution in [2.75, 3.05) is 22.9 Å². The summed E-state index contributed by atoms with van der Waals surface area (Å²) in [5.41, 5.74) is 2.89. The van der Waals surface area contributed by atoms with E-state index in [9.17, 15) is 4.79 Å². The number of aromatic nitrogens is 2. The summed E-state index contributed by atoms with van der Waals surface area (Å²) in [6.07, 6.45) is 2.86. The minimum atomic E-state index is -0.0844. The van der Waals surface area contributed by atoms with Crippen LogP contribution in [0.25, 0.3) is 11.0 Å². The molecule has 24 heavy (non-hydrogen) atoms. The van der Waals surface area contributed by atoms with E-state index in [2.05, 4.69) is 50.1 Å². The molecule has 2 saturated heterocycles. The van der Waals surface area contributed by atoms with E-state index in [0.29, 0.717) is 17.7 Å². The van der Waals surface area contributed by atoms with Gasteiger partial charge in [-0.05, 0) is 30.7 Å². The number of pyridine rings is 2. The Balaban J connectivity index is 1.51. The van der Waals surface area contributed by atoms with Crippen LogP contribution in [0.4, 0.5) is 11.4 Å². The molecule has 0 radical (unpaired) electrons. The van der Waals surface area contributed by atoms with Crippen LogP contribution in [-0.2, 0) is 0 Å². The van der Waals surface area contributed by atoms with Gasteiger partial charge in [-0.3, -0.25) is 4.79 Å². The number of rotatable bonds is 2. The van der Waals surface area contributed by atoms with Crippen molar-refractivity contribution in [3.63, 3.8) is 0 Å². The Labute approximate surface area is 139 Å². The van der Waals surface area contributed by atoms with Crippen LogP contribution in [0.1, 0.15) is 6.42 Å². The molecule has 2 aliphatic rings. The SMILES string of the molecule is O=c1cc(N2C[C@@H]3C[C@H]2CN3c2ccccc2)c2cccnc2[nH]1. The van der Waals surface area contributed by atoms with Gasteiger partial charge in [0.2, 0.25) is 0 Å². The quantitative estimate of drug-likeness (QED) is 0.788. The third-order valence-electron chi connectivity index (χ3n) is 5.23. The average Bonchev–Trinajstić information content (AvgIpc) is 3.22. The largest absolute Gasteiger partial charge is 0.365 e. The number of benzene rings is 1. The molecule has 0 aliphatic carbocycles. The van der Waals surface area contributed by atoms with Crippen molar-refractivity contribution in [2.45, 2.75) is 18.5 Å². The molecule has 0 unspecified atom stereocenters. The predicted octanol–water partition coefficient (Wildman–Crippen LogP) is 2.39. The number of piperazine rings is 1. The number of hydrogen-bond donors (Lipinski definition) is 1. The third kappa shape index (κ3) is 2.01. The number of fused-ring (bicyclic) bond motifs is 3. The van der Waals surface area contributed by atoms with Crippen molar-refractivity contribution in [3.05, 3.63) is 65.1 Å². The lowest BCUT2D eigenvalue weighted by Gasteiger charge is -2.37. The molecular weight excluding hydrogens is 300 g/mol. The van der Waals surface area contributed by atoms with Crippen LogP contribution in [-0.4, -0.2) is 35.1 Å². The van der Waals surface area contributed by atoms with Gasteiger partial charge in [0.25, 0.3) is 5.56 Å². The maximum Gasteiger partial charge on any atom is 0.251 e. The first kappa shape index (κ1) is 13.6. The molecule has 120 valence electrons. The Bertz CT molecular complexity index is 952. The smallest absolute Gasteiger partial charge is 0.251 e. The molecule has 2 aromatic heterocycles. The van der Waals surface area contributed by atoms with Crippen molar-refractivity contribution in [2.24, 2.45) is 0 Å². The fraction of sp³-hybridized carbons (Fsp3) is 0.263. The fourth-order valence-electron chi connectivity index (χ4n) is 4.20. The van der Waals surface area contributed by atoms with Crippen LogP contribution in [0.15, 0.2) is 59.5 Å². The summed E-state index contributed by atoms with van der Waals surface area (Å²) in [4.78, 5) is 24.0. The molecule has 1 N–H and O–H groups in total. The lowest BCUT2D eigenvalue weighted by atomic mass is 10.2. The number of hydrogen-bond acceptors (Lipinski definition) is 4. The lowest BCUT2D eigenvalue weighted by molar-refractivity contribution is 0.648. The average molecular weight is 318 g/mol. The monoisotopic (exact) mass is 318 g/mol. The van der Waals surface area contributed by atoms with Gasteiger partial charge in [-0.2, -0.15) is 0 Å². The normalized spacial score (nSPS) is 22.5. The van der Waals surface area contributed by atoms with Gasteiger partial charge < -0.3 is 14.8 Å². The second kappa shape index (κ2) is 5.09. The lowest BCUT2D eigenvalue weighted by Crippen LogP contribution is -2.46. The summed E-state index contributed by atoms with van der Waals surface area (Å²) in [6.45, 7) is 1.95. The molecule has 3 aromatic rings. The van der Waals surface area contributed by atoms with E-state index >= 15 is 0 Å². The van der Waals surface area contributed by atoms with Crippen LogP contribution in [0.2, 0.25) is 0 Å². The van der Waals surface area contributed by atoms with Gasteiger partial charge in [-0.25, -0.2) is 4.98 Å². The zero-order valence-electron chi connectivity index (χ0n) is 13.2. The van der Waals surface area contributed by atoms with Gasteiger partial charge in [0.1, 0.15) is 5.65 Å². The molecule has 5 rings (SSSR count). The summed E-state index contributed by atoms with van der Waals surface area (Å²) in [7, 11) is 0. The van der Waals surface area contributed by atoms with Gasteiger partial charge in [-0.1, -0.05) is 18.2 Å². The van der Waals surface area contributed by atoms with Crippen LogP contribution in [0, 0.1) is 0 Å². The number of aromatic amines is 1. The first-order chi connectivity index (χ1) is 11.8. The Kier molecular flexibility index (Phi) is 2.89. The highest BCUT2D eigenvalue weighted by Gasteiger charge is 2.43. The number of para-hydroxylation sites is 1. The van der Waals surface area contributed by atoms with Crippen LogP contribution in [0.5, 0.6) is 0 Å². The van der Waals surface area contributed by atoms with Crippen LogP contribution < -0.4 is 15.4 Å². The highest BCUT2D eigenvalue weighted by atomic mass is 16.1. The third-order valence-corrected chi connectivity index (χ3v) is 5.23. The Hall–Kier alpha value is -2.82. The summed E-state index contributed by atoms with van der Waals surface area (Å²) >= 11 is 0. The maximum atomic E-state index is 12.0. The minimum absolute atomic E-state index is 0.0844. The second-order valence-electron chi connectivity index (χ2n) is 6.60. The zero-order chi connectivity index (χ0) is 16.1. The summed E-state index contributed by atoms with van der Waals surface area (Å²) < 4.78 is 0. The van der Waals surface area contributed by atoms with E-state index in [0.717, 1.165) is 30.6 Å². The van der Waals surface area contributed by atoms with Gasteiger partial charge in [0, 0.05) is 48.5 Å². The molecule has 2 bridgehead atoms. The maximum absolute atomic E-state index is 12.0. The van der Waals surface area contributed by atoms with E-state index in [1.807, 2.05) is 12.1 Å². The van der Waals surface area contributed by atoms with E-state index in [4.69, 9.17) is 0 Å². The van der Waals surface area contributed by atoms with Crippen molar-refractivity contribution in [1.82, 2.24) is 9.97 Å². The number of H-pyrrole nitrogens is 1. The van der Waals surface area contributed by atoms with E-state index in [1.165, 1.54) is 5.69 Å². The molecule has 2 aliphatic heterocycles. The van der Waals surface area contributed by atoms with Gasteiger partial charge in [0.15, 0.2) is 0 Å². The summed E-state index contributed by atoms with van der Waals surface area (Å²) in [6, 6.07) is 17.2. The Morgan fingerprint density at radius 3 is 2.58 bits per heavy atom. The molecule has 5 nitrogen and oxygen atoms in total. The molecule has 1 aromatic carbocycles. The van der Waals surface area contributed by atoms with Gasteiger partial charge in [0.05, 0.1) is 5.69 Å². The van der Waals surface area contributed by atoms with Crippen molar-refractivity contribution in [3.8, 4) is 0 Å². The van der Waals surface area contributed by atoms with Gasteiger partial charge in [-0.15, -0.1) is 0 Å². The van der Waals surface area contributed by atoms with Crippen LogP contribution in [0.3, 0.4) is 0 Å². The van der Waals surface area contributed by atoms with Gasteiger partial charge >= 0.3 is 0 Å². The molecule has 2 atom stereocenters. The zero-order valence-corrected chi connectivity index (χ0v) is 13.2. The first-order valence-corrected chi connectivity index (χ1v) is 8.36. The van der Waals surface area contributed by atoms with E-state index < -0.39 is 0 Å². The second-order valence-corrected chi connectivity index (χ2v) is 6.60. The highest BCUT2D eigenvalue weighted by molar-refractivity contribution is 5.89. The molecular formula is C19H18N4O. The standard InChI is InChI=1S/C19H18N4O/c24-18-10-17(16-7-4-8-20-19(16)21-18)23-12-14-9-15(23)11-22(14)13-5-2-1-3-6-13/h1-8,10,14-15H,9,11-12H2,(H,20,21,24)/t14-,15-/m0/s1. The molecule has 5 heteroatoms. The van der Waals surface area contributed by atoms with Crippen molar-refractivity contribution in [1.29, 1.82) is 0 Å². The number of anilines is 2. The molecule has 0 saturated carbocycles. The number of nitrogens with zero attached hydrogens (tertiary/aromatic N) is 3. The van der Waals surface area contributed by atoms with E-state index in [1.54, 1.807) is 12.3 Å². The molecule has 0 spiro atoms. The topological polar surface area (TPSA) is 52.2 Å². The summed E-state index contributed by atoms with van der Waals surface area (Å²) in [5, 5.41) is 1.02. The number of nitrogens with one attached hydrogen (secondary N) is 1. The highest BCUT2D eigenvalue weighted by Crippen LogP contribution is 2.38. The molecule has 2 fully saturated rings. The first-order valence-electron chi connectivity index (χ1n) is 8.36. The fourth-order valence-corrected chi connectivity index (χ4v) is 4.20. The molecule has 4 heterocycles. The van der Waals surface area contributed by atoms with Crippen molar-refractivity contribution >= 4 is 22.4 Å². The minimum Gasteiger partial charge on any atom is -0.365 e. The molecule has 0 amide bonds. The summed E-state index contributed by atoms with van der Waals surface area (Å²) in [5.74, 6) is 0. The Morgan fingerprint density at radius 2 is 1.79 bits per heavy atom. The van der Waals surface area contributed by atoms with Crippen molar-refractivity contribution < 1.29 is 0 Å². The van der Waals surface area contributed by atoms with Crippen LogP contribution >= 0.6 is 0 Å². The predicted molar refractivity (Wildman–Crippen MR) is 95.7 cm³/mol. The Morgan fingerprint density at radius 1 is 1.00 bits per heavy atom. The van der Waals surface area contributed by atoms with E-state index in [-0.39, 0.29) is 5.56 Å².